The maximum absolute atomic E-state index is 12.6. The topological polar surface area (TPSA) is 76.7 Å². The molecule has 1 heterocycles. The first-order chi connectivity index (χ1) is 11.6. The Morgan fingerprint density at radius 3 is 2.42 bits per heavy atom. The average Bonchev–Trinajstić information content (AvgIpc) is 2.62. The molecular formula is C18H26N2O4. The maximum atomic E-state index is 12.6. The molecule has 1 fully saturated rings. The Kier molecular flexibility index (Phi) is 6.75. The van der Waals surface area contributed by atoms with E-state index in [1.807, 2.05) is 12.1 Å². The summed E-state index contributed by atoms with van der Waals surface area (Å²) < 4.78 is 9.96. The van der Waals surface area contributed by atoms with E-state index < -0.39 is 5.41 Å². The molecule has 24 heavy (non-hydrogen) atoms. The smallest absolute Gasteiger partial charge is 0.337 e. The second-order valence-electron chi connectivity index (χ2n) is 6.16. The average molecular weight is 334 g/mol. The number of methoxy groups -OCH3 is 2. The van der Waals surface area contributed by atoms with Gasteiger partial charge in [0.1, 0.15) is 0 Å². The largest absolute Gasteiger partial charge is 0.465 e. The Balaban J connectivity index is 1.86. The van der Waals surface area contributed by atoms with Crippen LogP contribution in [-0.2, 0) is 20.7 Å². The standard InChI is InChI=1S/C18H26N2O4/c1-23-13-18(8-11-19-12-9-18)17(22)20-10-7-14-3-5-15(6-4-14)16(21)24-2/h3-6,19H,7-13H2,1-2H3,(H,20,22). The molecule has 0 atom stereocenters. The van der Waals surface area contributed by atoms with Gasteiger partial charge in [-0.1, -0.05) is 12.1 Å². The second-order valence-corrected chi connectivity index (χ2v) is 6.16. The Labute approximate surface area is 142 Å². The summed E-state index contributed by atoms with van der Waals surface area (Å²) >= 11 is 0. The fourth-order valence-corrected chi connectivity index (χ4v) is 3.05. The number of carbonyl (C=O) groups is 2. The summed E-state index contributed by atoms with van der Waals surface area (Å²) in [5, 5.41) is 6.32. The minimum absolute atomic E-state index is 0.0667. The van der Waals surface area contributed by atoms with E-state index in [9.17, 15) is 9.59 Å². The highest BCUT2D eigenvalue weighted by Gasteiger charge is 2.39. The Morgan fingerprint density at radius 1 is 1.17 bits per heavy atom. The van der Waals surface area contributed by atoms with Crippen molar-refractivity contribution < 1.29 is 19.1 Å². The number of ether oxygens (including phenoxy) is 2. The van der Waals surface area contributed by atoms with Gasteiger partial charge in [-0.3, -0.25) is 4.79 Å². The highest BCUT2D eigenvalue weighted by molar-refractivity contribution is 5.89. The molecule has 1 aromatic rings. The first kappa shape index (κ1) is 18.4. The van der Waals surface area contributed by atoms with E-state index in [2.05, 4.69) is 15.4 Å². The van der Waals surface area contributed by atoms with E-state index in [1.54, 1.807) is 19.2 Å². The van der Waals surface area contributed by atoms with Crippen LogP contribution >= 0.6 is 0 Å². The number of hydrogen-bond acceptors (Lipinski definition) is 5. The molecule has 1 saturated heterocycles. The zero-order valence-electron chi connectivity index (χ0n) is 14.4. The van der Waals surface area contributed by atoms with Gasteiger partial charge in [-0.25, -0.2) is 4.79 Å². The summed E-state index contributed by atoms with van der Waals surface area (Å²) in [6.45, 7) is 2.70. The Hall–Kier alpha value is -1.92. The van der Waals surface area contributed by atoms with E-state index in [-0.39, 0.29) is 11.9 Å². The van der Waals surface area contributed by atoms with Crippen LogP contribution in [0.3, 0.4) is 0 Å². The predicted octanol–water partition coefficient (Wildman–Crippen LogP) is 1.15. The molecule has 132 valence electrons. The highest BCUT2D eigenvalue weighted by Crippen LogP contribution is 2.29. The van der Waals surface area contributed by atoms with E-state index in [1.165, 1.54) is 7.11 Å². The van der Waals surface area contributed by atoms with Gasteiger partial charge in [0.2, 0.25) is 5.91 Å². The molecule has 1 aliphatic rings. The van der Waals surface area contributed by atoms with Crippen molar-refractivity contribution in [1.82, 2.24) is 10.6 Å². The van der Waals surface area contributed by atoms with Crippen molar-refractivity contribution in [2.24, 2.45) is 5.41 Å². The quantitative estimate of drug-likeness (QED) is 0.732. The van der Waals surface area contributed by atoms with Gasteiger partial charge in [-0.15, -0.1) is 0 Å². The van der Waals surface area contributed by atoms with Gasteiger partial charge < -0.3 is 20.1 Å². The van der Waals surface area contributed by atoms with Gasteiger partial charge in [0.05, 0.1) is 24.7 Å². The van der Waals surface area contributed by atoms with Gasteiger partial charge in [0.15, 0.2) is 0 Å². The molecule has 2 N–H and O–H groups in total. The van der Waals surface area contributed by atoms with Gasteiger partial charge in [-0.05, 0) is 50.0 Å². The van der Waals surface area contributed by atoms with Crippen molar-refractivity contribution in [3.63, 3.8) is 0 Å². The van der Waals surface area contributed by atoms with Crippen molar-refractivity contribution in [2.75, 3.05) is 40.5 Å². The van der Waals surface area contributed by atoms with Crippen molar-refractivity contribution in [1.29, 1.82) is 0 Å². The molecule has 0 bridgehead atoms. The molecule has 1 amide bonds. The summed E-state index contributed by atoms with van der Waals surface area (Å²) in [5.41, 5.74) is 1.17. The Bertz CT molecular complexity index is 545. The molecule has 0 radical (unpaired) electrons. The molecule has 0 saturated carbocycles. The molecule has 0 unspecified atom stereocenters. The zero-order valence-corrected chi connectivity index (χ0v) is 14.4. The van der Waals surface area contributed by atoms with Crippen molar-refractivity contribution >= 4 is 11.9 Å². The van der Waals surface area contributed by atoms with E-state index >= 15 is 0 Å². The number of rotatable bonds is 7. The number of piperidine rings is 1. The fraction of sp³-hybridized carbons (Fsp3) is 0.556. The molecule has 1 aliphatic heterocycles. The van der Waals surface area contributed by atoms with Crippen LogP contribution in [0.15, 0.2) is 24.3 Å². The molecule has 0 spiro atoms. The van der Waals surface area contributed by atoms with Crippen LogP contribution in [0.2, 0.25) is 0 Å². The molecular weight excluding hydrogens is 308 g/mol. The highest BCUT2D eigenvalue weighted by atomic mass is 16.5. The van der Waals surface area contributed by atoms with Crippen LogP contribution in [0.1, 0.15) is 28.8 Å². The maximum Gasteiger partial charge on any atom is 0.337 e. The first-order valence-electron chi connectivity index (χ1n) is 8.26. The van der Waals surface area contributed by atoms with E-state index in [4.69, 9.17) is 4.74 Å². The van der Waals surface area contributed by atoms with Crippen LogP contribution in [-0.4, -0.2) is 52.3 Å². The van der Waals surface area contributed by atoms with E-state index in [0.29, 0.717) is 25.1 Å². The predicted molar refractivity (Wildman–Crippen MR) is 90.9 cm³/mol. The molecule has 0 aromatic heterocycles. The van der Waals surface area contributed by atoms with Gasteiger partial charge in [0, 0.05) is 13.7 Å². The zero-order chi connectivity index (χ0) is 17.4. The lowest BCUT2D eigenvalue weighted by Gasteiger charge is -2.35. The monoisotopic (exact) mass is 334 g/mol. The van der Waals surface area contributed by atoms with Crippen LogP contribution in [0.4, 0.5) is 0 Å². The third-order valence-electron chi connectivity index (χ3n) is 4.54. The van der Waals surface area contributed by atoms with Gasteiger partial charge in [0.25, 0.3) is 0 Å². The minimum atomic E-state index is -0.422. The summed E-state index contributed by atoms with van der Waals surface area (Å²) in [6.07, 6.45) is 2.30. The number of benzene rings is 1. The molecule has 2 rings (SSSR count). The number of nitrogens with one attached hydrogen (secondary N) is 2. The van der Waals surface area contributed by atoms with Crippen molar-refractivity contribution in [2.45, 2.75) is 19.3 Å². The number of esters is 1. The van der Waals surface area contributed by atoms with Crippen LogP contribution in [0, 0.1) is 5.41 Å². The number of carbonyl (C=O) groups excluding carboxylic acids is 2. The van der Waals surface area contributed by atoms with Gasteiger partial charge in [-0.2, -0.15) is 0 Å². The molecule has 1 aromatic carbocycles. The SMILES string of the molecule is COCC1(C(=O)NCCc2ccc(C(=O)OC)cc2)CCNCC1. The van der Waals surface area contributed by atoms with E-state index in [0.717, 1.165) is 31.5 Å². The number of hydrogen-bond donors (Lipinski definition) is 2. The third kappa shape index (κ3) is 4.55. The van der Waals surface area contributed by atoms with Crippen LogP contribution < -0.4 is 10.6 Å². The summed E-state index contributed by atoms with van der Waals surface area (Å²) in [6, 6.07) is 7.24. The molecule has 6 heteroatoms. The lowest BCUT2D eigenvalue weighted by molar-refractivity contribution is -0.136. The minimum Gasteiger partial charge on any atom is -0.465 e. The lowest BCUT2D eigenvalue weighted by Crippen LogP contribution is -2.50. The second kappa shape index (κ2) is 8.80. The fourth-order valence-electron chi connectivity index (χ4n) is 3.05. The van der Waals surface area contributed by atoms with Gasteiger partial charge >= 0.3 is 5.97 Å². The van der Waals surface area contributed by atoms with Crippen LogP contribution in [0.5, 0.6) is 0 Å². The summed E-state index contributed by atoms with van der Waals surface area (Å²) in [4.78, 5) is 24.0. The summed E-state index contributed by atoms with van der Waals surface area (Å²) in [7, 11) is 3.00. The third-order valence-corrected chi connectivity index (χ3v) is 4.54. The molecule has 0 aliphatic carbocycles. The van der Waals surface area contributed by atoms with Crippen LogP contribution in [0.25, 0.3) is 0 Å². The first-order valence-corrected chi connectivity index (χ1v) is 8.26. The Morgan fingerprint density at radius 2 is 1.83 bits per heavy atom. The molecule has 6 nitrogen and oxygen atoms in total. The van der Waals surface area contributed by atoms with Crippen molar-refractivity contribution in [3.8, 4) is 0 Å². The van der Waals surface area contributed by atoms with Crippen molar-refractivity contribution in [3.05, 3.63) is 35.4 Å². The normalized spacial score (nSPS) is 16.4. The number of amides is 1. The lowest BCUT2D eigenvalue weighted by atomic mass is 9.78. The summed E-state index contributed by atoms with van der Waals surface area (Å²) in [5.74, 6) is -0.278.